The molecular formula is C23H27FN2O4. The Labute approximate surface area is 176 Å². The quantitative estimate of drug-likeness (QED) is 0.680. The fourth-order valence-corrected chi connectivity index (χ4v) is 3.62. The molecule has 2 atom stereocenters. The normalized spacial score (nSPS) is 19.4. The van der Waals surface area contributed by atoms with Gasteiger partial charge < -0.3 is 14.4 Å². The van der Waals surface area contributed by atoms with E-state index in [1.54, 1.807) is 36.4 Å². The molecule has 1 amide bonds. The second kappa shape index (κ2) is 9.71. The van der Waals surface area contributed by atoms with Crippen LogP contribution in [0.4, 0.5) is 4.39 Å². The molecule has 0 saturated carbocycles. The summed E-state index contributed by atoms with van der Waals surface area (Å²) < 4.78 is 23.4. The molecule has 3 rings (SSSR count). The van der Waals surface area contributed by atoms with Crippen LogP contribution < -0.4 is 4.74 Å². The zero-order valence-electron chi connectivity index (χ0n) is 17.5. The van der Waals surface area contributed by atoms with Crippen molar-refractivity contribution in [1.82, 2.24) is 9.80 Å². The molecule has 1 saturated heterocycles. The van der Waals surface area contributed by atoms with E-state index in [0.717, 1.165) is 18.7 Å². The minimum Gasteiger partial charge on any atom is -0.484 e. The molecule has 0 N–H and O–H groups in total. The number of methoxy groups -OCH3 is 1. The molecule has 2 aromatic carbocycles. The lowest BCUT2D eigenvalue weighted by Crippen LogP contribution is -2.58. The molecule has 2 aromatic rings. The first kappa shape index (κ1) is 21.8. The Morgan fingerprint density at radius 1 is 1.00 bits per heavy atom. The summed E-state index contributed by atoms with van der Waals surface area (Å²) in [5, 5.41) is 0. The number of carbonyl (C=O) groups is 2. The predicted octanol–water partition coefficient (Wildman–Crippen LogP) is 3.11. The van der Waals surface area contributed by atoms with Crippen LogP contribution in [0.3, 0.4) is 0 Å². The van der Waals surface area contributed by atoms with Gasteiger partial charge in [-0.25, -0.2) is 9.18 Å². The van der Waals surface area contributed by atoms with Crippen molar-refractivity contribution in [2.75, 3.05) is 26.8 Å². The van der Waals surface area contributed by atoms with Gasteiger partial charge in [0.05, 0.1) is 12.7 Å². The Balaban J connectivity index is 1.53. The molecule has 6 nitrogen and oxygen atoms in total. The molecule has 1 heterocycles. The Morgan fingerprint density at radius 2 is 1.67 bits per heavy atom. The Kier molecular flexibility index (Phi) is 7.05. The first-order valence-electron chi connectivity index (χ1n) is 9.96. The molecule has 1 fully saturated rings. The zero-order chi connectivity index (χ0) is 21.7. The van der Waals surface area contributed by atoms with Crippen LogP contribution in [0.5, 0.6) is 5.75 Å². The van der Waals surface area contributed by atoms with Crippen LogP contribution in [0.25, 0.3) is 0 Å². The van der Waals surface area contributed by atoms with Gasteiger partial charge in [-0.05, 0) is 55.8 Å². The topological polar surface area (TPSA) is 59.1 Å². The summed E-state index contributed by atoms with van der Waals surface area (Å²) in [5.41, 5.74) is 1.48. The van der Waals surface area contributed by atoms with Crippen molar-refractivity contribution < 1.29 is 23.5 Å². The van der Waals surface area contributed by atoms with Crippen LogP contribution in [-0.4, -0.2) is 60.6 Å². The molecule has 0 aromatic heterocycles. The number of esters is 1. The van der Waals surface area contributed by atoms with Crippen LogP contribution in [0, 0.1) is 5.82 Å². The molecule has 0 radical (unpaired) electrons. The minimum atomic E-state index is -0.418. The van der Waals surface area contributed by atoms with Crippen molar-refractivity contribution in [2.45, 2.75) is 32.5 Å². The smallest absolute Gasteiger partial charge is 0.337 e. The van der Waals surface area contributed by atoms with E-state index >= 15 is 0 Å². The highest BCUT2D eigenvalue weighted by Gasteiger charge is 2.32. The largest absolute Gasteiger partial charge is 0.484 e. The second-order valence-corrected chi connectivity index (χ2v) is 7.60. The summed E-state index contributed by atoms with van der Waals surface area (Å²) in [7, 11) is 1.33. The summed E-state index contributed by atoms with van der Waals surface area (Å²) in [5.74, 6) is -0.214. The van der Waals surface area contributed by atoms with Crippen molar-refractivity contribution in [2.24, 2.45) is 0 Å². The Hall–Kier alpha value is -2.93. The van der Waals surface area contributed by atoms with Crippen molar-refractivity contribution in [3.8, 4) is 5.75 Å². The number of amides is 1. The highest BCUT2D eigenvalue weighted by Crippen LogP contribution is 2.19. The maximum absolute atomic E-state index is 13.1. The molecule has 0 bridgehead atoms. The molecule has 160 valence electrons. The maximum Gasteiger partial charge on any atom is 0.337 e. The van der Waals surface area contributed by atoms with E-state index in [0.29, 0.717) is 17.9 Å². The van der Waals surface area contributed by atoms with E-state index in [9.17, 15) is 14.0 Å². The number of ether oxygens (including phenoxy) is 2. The number of benzene rings is 2. The number of rotatable bonds is 6. The van der Waals surface area contributed by atoms with Crippen LogP contribution in [0.1, 0.15) is 29.8 Å². The third-order valence-corrected chi connectivity index (χ3v) is 5.37. The minimum absolute atomic E-state index is 0.0412. The van der Waals surface area contributed by atoms with Crippen molar-refractivity contribution >= 4 is 11.9 Å². The number of piperazine rings is 1. The maximum atomic E-state index is 13.1. The zero-order valence-corrected chi connectivity index (χ0v) is 17.5. The summed E-state index contributed by atoms with van der Waals surface area (Å²) in [6.45, 7) is 6.10. The number of hydrogen-bond donors (Lipinski definition) is 0. The van der Waals surface area contributed by atoms with E-state index < -0.39 is 5.97 Å². The van der Waals surface area contributed by atoms with Crippen molar-refractivity contribution in [3.05, 3.63) is 65.5 Å². The van der Waals surface area contributed by atoms with E-state index in [4.69, 9.17) is 4.74 Å². The highest BCUT2D eigenvalue weighted by atomic mass is 19.1. The van der Waals surface area contributed by atoms with Crippen LogP contribution >= 0.6 is 0 Å². The van der Waals surface area contributed by atoms with Crippen LogP contribution in [0.2, 0.25) is 0 Å². The van der Waals surface area contributed by atoms with Gasteiger partial charge in [0.2, 0.25) is 0 Å². The lowest BCUT2D eigenvalue weighted by atomic mass is 10.1. The molecular weight excluding hydrogens is 387 g/mol. The van der Waals surface area contributed by atoms with E-state index in [1.807, 2.05) is 11.8 Å². The lowest BCUT2D eigenvalue weighted by molar-refractivity contribution is -0.139. The van der Waals surface area contributed by atoms with Crippen molar-refractivity contribution in [1.29, 1.82) is 0 Å². The molecule has 0 spiro atoms. The molecule has 0 unspecified atom stereocenters. The fraction of sp³-hybridized carbons (Fsp3) is 0.391. The third-order valence-electron chi connectivity index (χ3n) is 5.37. The van der Waals surface area contributed by atoms with Gasteiger partial charge in [-0.3, -0.25) is 9.69 Å². The fourth-order valence-electron chi connectivity index (χ4n) is 3.62. The van der Waals surface area contributed by atoms with Crippen molar-refractivity contribution in [3.63, 3.8) is 0 Å². The molecule has 30 heavy (non-hydrogen) atoms. The van der Waals surface area contributed by atoms with Gasteiger partial charge in [0, 0.05) is 31.7 Å². The van der Waals surface area contributed by atoms with Crippen LogP contribution in [0.15, 0.2) is 48.5 Å². The summed E-state index contributed by atoms with van der Waals surface area (Å²) in [4.78, 5) is 28.3. The van der Waals surface area contributed by atoms with Crippen LogP contribution in [-0.2, 0) is 16.1 Å². The number of halogens is 1. The number of nitrogens with zero attached hydrogens (tertiary/aromatic N) is 2. The Morgan fingerprint density at radius 3 is 2.30 bits per heavy atom. The first-order valence-corrected chi connectivity index (χ1v) is 9.96. The average molecular weight is 414 g/mol. The van der Waals surface area contributed by atoms with Gasteiger partial charge >= 0.3 is 5.97 Å². The summed E-state index contributed by atoms with van der Waals surface area (Å²) in [6.07, 6.45) is 0. The average Bonchev–Trinajstić information content (AvgIpc) is 2.75. The van der Waals surface area contributed by atoms with Gasteiger partial charge in [0.1, 0.15) is 11.6 Å². The second-order valence-electron chi connectivity index (χ2n) is 7.60. The van der Waals surface area contributed by atoms with Gasteiger partial charge in [-0.15, -0.1) is 0 Å². The molecule has 7 heteroatoms. The first-order chi connectivity index (χ1) is 14.4. The van der Waals surface area contributed by atoms with E-state index in [2.05, 4.69) is 16.6 Å². The summed E-state index contributed by atoms with van der Waals surface area (Å²) >= 11 is 0. The Bertz CT molecular complexity index is 870. The lowest BCUT2D eigenvalue weighted by Gasteiger charge is -2.44. The SMILES string of the molecule is COC(=O)c1ccc(OCC(=O)N2C[C@H](C)N(Cc3ccc(F)cc3)C[C@H]2C)cc1. The third kappa shape index (κ3) is 5.36. The number of hydrogen-bond acceptors (Lipinski definition) is 5. The van der Waals surface area contributed by atoms with Gasteiger partial charge in [0.25, 0.3) is 5.91 Å². The van der Waals surface area contributed by atoms with Gasteiger partial charge in [-0.2, -0.15) is 0 Å². The monoisotopic (exact) mass is 414 g/mol. The predicted molar refractivity (Wildman–Crippen MR) is 111 cm³/mol. The molecule has 1 aliphatic rings. The standard InChI is InChI=1S/C23H27FN2O4/c1-16-13-26(17(2)12-25(16)14-18-4-8-20(24)9-5-18)22(27)15-30-21-10-6-19(7-11-21)23(28)29-3/h4-11,16-17H,12-15H2,1-3H3/t16-,17+/m0/s1. The van der Waals surface area contributed by atoms with Gasteiger partial charge in [0.15, 0.2) is 6.61 Å². The number of carbonyl (C=O) groups excluding carboxylic acids is 2. The molecule has 0 aliphatic carbocycles. The van der Waals surface area contributed by atoms with Gasteiger partial charge in [-0.1, -0.05) is 12.1 Å². The molecule has 1 aliphatic heterocycles. The summed E-state index contributed by atoms with van der Waals surface area (Å²) in [6, 6.07) is 13.2. The van der Waals surface area contributed by atoms with E-state index in [1.165, 1.54) is 19.2 Å². The highest BCUT2D eigenvalue weighted by molar-refractivity contribution is 5.89. The van der Waals surface area contributed by atoms with E-state index in [-0.39, 0.29) is 30.4 Å².